The van der Waals surface area contributed by atoms with Crippen LogP contribution in [0.2, 0.25) is 0 Å². The van der Waals surface area contributed by atoms with Gasteiger partial charge in [-0.25, -0.2) is 4.79 Å². The number of aromatic hydroxyl groups is 1. The Labute approximate surface area is 149 Å². The van der Waals surface area contributed by atoms with Crippen LogP contribution < -0.4 is 4.74 Å². The third-order valence-electron chi connectivity index (χ3n) is 5.15. The summed E-state index contributed by atoms with van der Waals surface area (Å²) in [4.78, 5) is 12.4. The van der Waals surface area contributed by atoms with Crippen LogP contribution in [0.3, 0.4) is 0 Å². The molecule has 0 amide bonds. The monoisotopic (exact) mass is 338 g/mol. The van der Waals surface area contributed by atoms with E-state index in [-0.39, 0.29) is 11.7 Å². The fourth-order valence-electron chi connectivity index (χ4n) is 3.65. The predicted molar refractivity (Wildman–Crippen MR) is 99.4 cm³/mol. The second-order valence-electron chi connectivity index (χ2n) is 7.11. The number of rotatable bonds is 3. The highest BCUT2D eigenvalue weighted by Crippen LogP contribution is 2.32. The van der Waals surface area contributed by atoms with E-state index in [4.69, 9.17) is 4.74 Å². The van der Waals surface area contributed by atoms with Crippen LogP contribution in [0.4, 0.5) is 0 Å². The summed E-state index contributed by atoms with van der Waals surface area (Å²) in [7, 11) is 0. The molecule has 3 nitrogen and oxygen atoms in total. The van der Waals surface area contributed by atoms with Gasteiger partial charge in [-0.2, -0.15) is 0 Å². The molecule has 3 heteroatoms. The minimum absolute atomic E-state index is 0.243. The van der Waals surface area contributed by atoms with Gasteiger partial charge in [0, 0.05) is 0 Å². The summed E-state index contributed by atoms with van der Waals surface area (Å²) in [6, 6.07) is 11.2. The largest absolute Gasteiger partial charge is 0.507 e. The van der Waals surface area contributed by atoms with Crippen molar-refractivity contribution < 1.29 is 14.6 Å². The Bertz CT molecular complexity index is 715. The second-order valence-corrected chi connectivity index (χ2v) is 7.11. The molecule has 25 heavy (non-hydrogen) atoms. The molecular formula is C22H26O3. The molecule has 1 N–H and O–H groups in total. The zero-order valence-electron chi connectivity index (χ0n) is 15.0. The molecule has 2 aromatic rings. The van der Waals surface area contributed by atoms with Crippen molar-refractivity contribution >= 4 is 5.97 Å². The summed E-state index contributed by atoms with van der Waals surface area (Å²) in [6.45, 7) is 3.59. The van der Waals surface area contributed by atoms with Crippen molar-refractivity contribution in [2.24, 2.45) is 0 Å². The van der Waals surface area contributed by atoms with Gasteiger partial charge in [0.2, 0.25) is 0 Å². The summed E-state index contributed by atoms with van der Waals surface area (Å²) in [5.41, 5.74) is 3.29. The molecule has 0 aromatic heterocycles. The van der Waals surface area contributed by atoms with Crippen LogP contribution >= 0.6 is 0 Å². The van der Waals surface area contributed by atoms with Gasteiger partial charge < -0.3 is 9.84 Å². The minimum Gasteiger partial charge on any atom is -0.507 e. The summed E-state index contributed by atoms with van der Waals surface area (Å²) in [6.07, 6.45) is 7.77. The first-order valence-electron chi connectivity index (χ1n) is 9.17. The van der Waals surface area contributed by atoms with E-state index in [2.05, 4.69) is 12.1 Å². The first-order chi connectivity index (χ1) is 12.0. The Morgan fingerprint density at radius 3 is 2.08 bits per heavy atom. The van der Waals surface area contributed by atoms with Crippen molar-refractivity contribution in [3.05, 3.63) is 58.7 Å². The smallest absolute Gasteiger partial charge is 0.343 e. The number of hydrogen-bond acceptors (Lipinski definition) is 3. The van der Waals surface area contributed by atoms with Gasteiger partial charge in [0.25, 0.3) is 0 Å². The molecule has 3 rings (SSSR count). The first-order valence-corrected chi connectivity index (χ1v) is 9.17. The lowest BCUT2D eigenvalue weighted by molar-refractivity contribution is 0.0734. The quantitative estimate of drug-likeness (QED) is 0.446. The molecule has 0 bridgehead atoms. The molecule has 132 valence electrons. The number of esters is 1. The standard InChI is InChI=1S/C22H26O3/c1-15-13-20(14-16(2)21(15)23)25-22(24)19-11-9-18(10-12-19)17-7-5-3-4-6-8-17/h9-14,17,23H,3-8H2,1-2H3. The molecule has 1 fully saturated rings. The first kappa shape index (κ1) is 17.5. The molecule has 0 unspecified atom stereocenters. The summed E-state index contributed by atoms with van der Waals surface area (Å²) in [5.74, 6) is 0.963. The average Bonchev–Trinajstić information content (AvgIpc) is 2.89. The minimum atomic E-state index is -0.364. The lowest BCUT2D eigenvalue weighted by atomic mass is 9.91. The van der Waals surface area contributed by atoms with E-state index >= 15 is 0 Å². The lowest BCUT2D eigenvalue weighted by Gasteiger charge is -2.15. The highest BCUT2D eigenvalue weighted by molar-refractivity contribution is 5.91. The van der Waals surface area contributed by atoms with Gasteiger partial charge in [-0.15, -0.1) is 0 Å². The van der Waals surface area contributed by atoms with Gasteiger partial charge in [-0.1, -0.05) is 37.8 Å². The van der Waals surface area contributed by atoms with Gasteiger partial charge >= 0.3 is 5.97 Å². The summed E-state index contributed by atoms with van der Waals surface area (Å²) < 4.78 is 5.47. The Kier molecular flexibility index (Phi) is 5.42. The SMILES string of the molecule is Cc1cc(OC(=O)c2ccc(C3CCCCCC3)cc2)cc(C)c1O. The molecule has 1 saturated carbocycles. The molecule has 0 heterocycles. The maximum absolute atomic E-state index is 12.4. The van der Waals surface area contributed by atoms with Crippen LogP contribution in [0.25, 0.3) is 0 Å². The molecule has 1 aliphatic rings. The highest BCUT2D eigenvalue weighted by Gasteiger charge is 2.16. The molecule has 0 atom stereocenters. The zero-order valence-corrected chi connectivity index (χ0v) is 15.0. The van der Waals surface area contributed by atoms with Crippen LogP contribution in [-0.4, -0.2) is 11.1 Å². The fourth-order valence-corrected chi connectivity index (χ4v) is 3.65. The predicted octanol–water partition coefficient (Wildman–Crippen LogP) is 5.67. The van der Waals surface area contributed by atoms with Crippen LogP contribution in [0.5, 0.6) is 11.5 Å². The third kappa shape index (κ3) is 4.22. The Balaban J connectivity index is 1.70. The fraction of sp³-hybridized carbons (Fsp3) is 0.409. The second kappa shape index (κ2) is 7.73. The number of carbonyl (C=O) groups excluding carboxylic acids is 1. The maximum Gasteiger partial charge on any atom is 0.343 e. The summed E-state index contributed by atoms with van der Waals surface area (Å²) in [5, 5.41) is 9.82. The number of phenolic OH excluding ortho intramolecular Hbond substituents is 1. The number of ether oxygens (including phenoxy) is 1. The van der Waals surface area contributed by atoms with E-state index in [0.29, 0.717) is 28.4 Å². The molecule has 0 saturated heterocycles. The Hall–Kier alpha value is -2.29. The van der Waals surface area contributed by atoms with Crippen molar-refractivity contribution in [2.45, 2.75) is 58.3 Å². The Morgan fingerprint density at radius 1 is 0.960 bits per heavy atom. The highest BCUT2D eigenvalue weighted by atomic mass is 16.5. The van der Waals surface area contributed by atoms with Crippen molar-refractivity contribution in [3.8, 4) is 11.5 Å². The third-order valence-corrected chi connectivity index (χ3v) is 5.15. The van der Waals surface area contributed by atoms with Gasteiger partial charge in [-0.05, 0) is 73.6 Å². The molecule has 2 aromatic carbocycles. The van der Waals surface area contributed by atoms with Crippen LogP contribution in [0.15, 0.2) is 36.4 Å². The van der Waals surface area contributed by atoms with Crippen LogP contribution in [-0.2, 0) is 0 Å². The maximum atomic E-state index is 12.4. The topological polar surface area (TPSA) is 46.5 Å². The molecule has 0 radical (unpaired) electrons. The average molecular weight is 338 g/mol. The number of aryl methyl sites for hydroxylation is 2. The van der Waals surface area contributed by atoms with Gasteiger partial charge in [-0.3, -0.25) is 0 Å². The number of hydrogen-bond donors (Lipinski definition) is 1. The number of phenols is 1. The van der Waals surface area contributed by atoms with E-state index in [1.165, 1.54) is 44.1 Å². The zero-order chi connectivity index (χ0) is 17.8. The van der Waals surface area contributed by atoms with Crippen molar-refractivity contribution in [3.63, 3.8) is 0 Å². The molecular weight excluding hydrogens is 312 g/mol. The van der Waals surface area contributed by atoms with Gasteiger partial charge in [0.05, 0.1) is 5.56 Å². The molecule has 0 spiro atoms. The normalized spacial score (nSPS) is 15.6. The van der Waals surface area contributed by atoms with E-state index in [1.807, 2.05) is 12.1 Å². The number of benzene rings is 2. The molecule has 0 aliphatic heterocycles. The number of carbonyl (C=O) groups is 1. The van der Waals surface area contributed by atoms with Crippen molar-refractivity contribution in [2.75, 3.05) is 0 Å². The summed E-state index contributed by atoms with van der Waals surface area (Å²) >= 11 is 0. The van der Waals surface area contributed by atoms with Crippen LogP contribution in [0, 0.1) is 13.8 Å². The van der Waals surface area contributed by atoms with E-state index in [1.54, 1.807) is 26.0 Å². The van der Waals surface area contributed by atoms with Crippen molar-refractivity contribution in [1.29, 1.82) is 0 Å². The molecule has 1 aliphatic carbocycles. The van der Waals surface area contributed by atoms with Crippen LogP contribution in [0.1, 0.15) is 71.5 Å². The van der Waals surface area contributed by atoms with E-state index in [0.717, 1.165) is 0 Å². The Morgan fingerprint density at radius 2 is 1.52 bits per heavy atom. The van der Waals surface area contributed by atoms with E-state index in [9.17, 15) is 9.90 Å². The lowest BCUT2D eigenvalue weighted by Crippen LogP contribution is -2.09. The van der Waals surface area contributed by atoms with E-state index < -0.39 is 0 Å². The van der Waals surface area contributed by atoms with Gasteiger partial charge in [0.15, 0.2) is 0 Å². The van der Waals surface area contributed by atoms with Gasteiger partial charge in [0.1, 0.15) is 11.5 Å². The van der Waals surface area contributed by atoms with Crippen molar-refractivity contribution in [1.82, 2.24) is 0 Å².